The average molecular weight is 318 g/mol. The molecule has 3 N–H and O–H groups in total. The van der Waals surface area contributed by atoms with Crippen LogP contribution in [0, 0.1) is 0 Å². The number of para-hydroxylation sites is 1. The third-order valence-corrected chi connectivity index (χ3v) is 4.17. The van der Waals surface area contributed by atoms with Gasteiger partial charge in [0.1, 0.15) is 6.54 Å². The lowest BCUT2D eigenvalue weighted by Gasteiger charge is -2.08. The van der Waals surface area contributed by atoms with Crippen LogP contribution in [0.1, 0.15) is 16.8 Å². The zero-order valence-corrected chi connectivity index (χ0v) is 13.4. The van der Waals surface area contributed by atoms with Crippen molar-refractivity contribution in [2.24, 2.45) is 4.99 Å². The lowest BCUT2D eigenvalue weighted by molar-refractivity contribution is -0.114. The van der Waals surface area contributed by atoms with Crippen molar-refractivity contribution in [2.45, 2.75) is 6.54 Å². The van der Waals surface area contributed by atoms with Crippen molar-refractivity contribution in [3.05, 3.63) is 65.4 Å². The van der Waals surface area contributed by atoms with Crippen LogP contribution in [0.25, 0.3) is 10.9 Å². The largest absolute Gasteiger partial charge is 0.351 e. The minimum atomic E-state index is -0.0950. The van der Waals surface area contributed by atoms with Gasteiger partial charge in [0.2, 0.25) is 5.91 Å². The summed E-state index contributed by atoms with van der Waals surface area (Å²) in [6, 6.07) is 16.2. The van der Waals surface area contributed by atoms with E-state index in [2.05, 4.69) is 32.7 Å². The van der Waals surface area contributed by atoms with E-state index in [1.807, 2.05) is 43.4 Å². The van der Waals surface area contributed by atoms with Gasteiger partial charge in [-0.2, -0.15) is 0 Å². The maximum atomic E-state index is 12.1. The minimum Gasteiger partial charge on any atom is -0.351 e. The highest BCUT2D eigenvalue weighted by Crippen LogP contribution is 2.31. The van der Waals surface area contributed by atoms with Crippen LogP contribution in [0.5, 0.6) is 0 Å². The van der Waals surface area contributed by atoms with Crippen molar-refractivity contribution in [2.75, 3.05) is 18.9 Å². The molecule has 0 aliphatic carbocycles. The molecule has 1 aliphatic rings. The summed E-state index contributed by atoms with van der Waals surface area (Å²) in [5.41, 5.74) is 5.67. The highest BCUT2D eigenvalue weighted by atomic mass is 16.1. The molecule has 1 aromatic heterocycles. The lowest BCUT2D eigenvalue weighted by atomic mass is 10.0. The first kappa shape index (κ1) is 14.7. The number of benzene rings is 2. The van der Waals surface area contributed by atoms with Gasteiger partial charge in [-0.1, -0.05) is 36.4 Å². The van der Waals surface area contributed by atoms with Gasteiger partial charge in [-0.25, -0.2) is 0 Å². The highest BCUT2D eigenvalue weighted by Gasteiger charge is 2.22. The molecule has 2 aromatic carbocycles. The van der Waals surface area contributed by atoms with E-state index < -0.39 is 0 Å². The Labute approximate surface area is 139 Å². The Morgan fingerprint density at radius 2 is 2.04 bits per heavy atom. The fourth-order valence-electron chi connectivity index (χ4n) is 3.13. The Morgan fingerprint density at radius 3 is 2.92 bits per heavy atom. The molecule has 4 rings (SSSR count). The predicted molar refractivity (Wildman–Crippen MR) is 96.6 cm³/mol. The number of aromatic amines is 1. The lowest BCUT2D eigenvalue weighted by Crippen LogP contribution is -2.13. The Balaban J connectivity index is 1.90. The molecular weight excluding hydrogens is 300 g/mol. The number of aromatic nitrogens is 1. The van der Waals surface area contributed by atoms with Gasteiger partial charge in [-0.05, 0) is 24.7 Å². The van der Waals surface area contributed by atoms with Gasteiger partial charge >= 0.3 is 0 Å². The summed E-state index contributed by atoms with van der Waals surface area (Å²) in [5, 5.41) is 7.15. The number of aliphatic imine (C=N–C) groups is 1. The van der Waals surface area contributed by atoms with Gasteiger partial charge in [-0.3, -0.25) is 9.79 Å². The van der Waals surface area contributed by atoms with E-state index in [0.717, 1.165) is 40.1 Å². The Morgan fingerprint density at radius 1 is 1.17 bits per heavy atom. The van der Waals surface area contributed by atoms with Crippen molar-refractivity contribution < 1.29 is 4.79 Å². The first-order chi connectivity index (χ1) is 11.8. The fraction of sp³-hybridized carbons (Fsp3) is 0.158. The second-order valence-corrected chi connectivity index (χ2v) is 5.86. The van der Waals surface area contributed by atoms with E-state index >= 15 is 0 Å². The van der Waals surface area contributed by atoms with Crippen molar-refractivity contribution >= 4 is 28.2 Å². The predicted octanol–water partition coefficient (Wildman–Crippen LogP) is 2.68. The molecule has 24 heavy (non-hydrogen) atoms. The summed E-state index contributed by atoms with van der Waals surface area (Å²) in [6.45, 7) is 0.917. The van der Waals surface area contributed by atoms with Crippen molar-refractivity contribution in [1.82, 2.24) is 10.3 Å². The van der Waals surface area contributed by atoms with Crippen LogP contribution in [0.2, 0.25) is 0 Å². The van der Waals surface area contributed by atoms with E-state index in [1.165, 1.54) is 5.56 Å². The van der Waals surface area contributed by atoms with Crippen molar-refractivity contribution in [3.8, 4) is 0 Å². The summed E-state index contributed by atoms with van der Waals surface area (Å²) < 4.78 is 0. The molecule has 0 fully saturated rings. The zero-order chi connectivity index (χ0) is 16.5. The number of nitrogens with zero attached hydrogens (tertiary/aromatic N) is 1. The molecule has 2 heterocycles. The monoisotopic (exact) mass is 318 g/mol. The number of amides is 1. The highest BCUT2D eigenvalue weighted by molar-refractivity contribution is 6.22. The molecule has 0 radical (unpaired) electrons. The number of nitrogens with one attached hydrogen (secondary N) is 3. The summed E-state index contributed by atoms with van der Waals surface area (Å²) in [5.74, 6) is -0.0950. The number of anilines is 1. The van der Waals surface area contributed by atoms with Crippen LogP contribution in [0.3, 0.4) is 0 Å². The number of fused-ring (bicyclic) bond motifs is 3. The molecule has 3 aromatic rings. The number of rotatable bonds is 3. The summed E-state index contributed by atoms with van der Waals surface area (Å²) in [7, 11) is 1.92. The summed E-state index contributed by atoms with van der Waals surface area (Å²) in [4.78, 5) is 20.1. The van der Waals surface area contributed by atoms with Gasteiger partial charge in [-0.15, -0.1) is 0 Å². The SMILES string of the molecule is CNCc1cccc(C2=NCC(=O)Nc3c2[nH]c2ccccc32)c1. The topological polar surface area (TPSA) is 69.3 Å². The molecule has 5 heteroatoms. The smallest absolute Gasteiger partial charge is 0.246 e. The van der Waals surface area contributed by atoms with E-state index in [1.54, 1.807) is 0 Å². The maximum Gasteiger partial charge on any atom is 0.246 e. The number of hydrogen-bond donors (Lipinski definition) is 3. The fourth-order valence-corrected chi connectivity index (χ4v) is 3.13. The molecule has 0 bridgehead atoms. The van der Waals surface area contributed by atoms with Crippen LogP contribution >= 0.6 is 0 Å². The molecule has 1 aliphatic heterocycles. The first-order valence-electron chi connectivity index (χ1n) is 7.95. The first-order valence-corrected chi connectivity index (χ1v) is 7.95. The normalized spacial score (nSPS) is 14.0. The summed E-state index contributed by atoms with van der Waals surface area (Å²) >= 11 is 0. The van der Waals surface area contributed by atoms with Crippen LogP contribution < -0.4 is 10.6 Å². The number of H-pyrrole nitrogens is 1. The van der Waals surface area contributed by atoms with E-state index in [0.29, 0.717) is 0 Å². The number of carbonyl (C=O) groups excluding carboxylic acids is 1. The average Bonchev–Trinajstić information content (AvgIpc) is 2.85. The van der Waals surface area contributed by atoms with Crippen molar-refractivity contribution in [1.29, 1.82) is 0 Å². The van der Waals surface area contributed by atoms with Gasteiger partial charge in [0.05, 0.1) is 17.1 Å². The van der Waals surface area contributed by atoms with Crippen molar-refractivity contribution in [3.63, 3.8) is 0 Å². The zero-order valence-electron chi connectivity index (χ0n) is 13.4. The molecule has 1 amide bonds. The third-order valence-electron chi connectivity index (χ3n) is 4.17. The molecular formula is C19H18N4O. The Hall–Kier alpha value is -2.92. The van der Waals surface area contributed by atoms with Gasteiger partial charge < -0.3 is 15.6 Å². The van der Waals surface area contributed by atoms with E-state index in [9.17, 15) is 4.79 Å². The van der Waals surface area contributed by atoms with Gasteiger partial charge in [0, 0.05) is 23.0 Å². The van der Waals surface area contributed by atoms with Crippen LogP contribution in [-0.4, -0.2) is 30.2 Å². The molecule has 0 saturated carbocycles. The third kappa shape index (κ3) is 2.49. The standard InChI is InChI=1S/C19H18N4O/c1-20-10-12-5-4-6-13(9-12)17-19-18(23-16(24)11-21-17)14-7-2-3-8-15(14)22-19/h2-9,20,22H,10-11H2,1H3,(H,23,24). The van der Waals surface area contributed by atoms with Gasteiger partial charge in [0.15, 0.2) is 0 Å². The van der Waals surface area contributed by atoms with Crippen LogP contribution in [-0.2, 0) is 11.3 Å². The number of carbonyl (C=O) groups is 1. The minimum absolute atomic E-state index is 0.0950. The van der Waals surface area contributed by atoms with Gasteiger partial charge in [0.25, 0.3) is 0 Å². The molecule has 5 nitrogen and oxygen atoms in total. The maximum absolute atomic E-state index is 12.1. The number of hydrogen-bond acceptors (Lipinski definition) is 3. The van der Waals surface area contributed by atoms with E-state index in [4.69, 9.17) is 0 Å². The van der Waals surface area contributed by atoms with Crippen LogP contribution in [0.4, 0.5) is 5.69 Å². The molecule has 120 valence electrons. The van der Waals surface area contributed by atoms with E-state index in [-0.39, 0.29) is 12.5 Å². The molecule has 0 unspecified atom stereocenters. The quantitative estimate of drug-likeness (QED) is 0.695. The molecule has 0 spiro atoms. The molecule has 0 atom stereocenters. The Bertz CT molecular complexity index is 955. The second-order valence-electron chi connectivity index (χ2n) is 5.86. The second kappa shape index (κ2) is 5.94. The van der Waals surface area contributed by atoms with Crippen LogP contribution in [0.15, 0.2) is 53.5 Å². The Kier molecular flexibility index (Phi) is 3.63. The molecule has 0 saturated heterocycles. The summed E-state index contributed by atoms with van der Waals surface area (Å²) in [6.07, 6.45) is 0.